The highest BCUT2D eigenvalue weighted by atomic mass is 16.2. The molecule has 0 bridgehead atoms. The summed E-state index contributed by atoms with van der Waals surface area (Å²) in [5, 5.41) is 0. The Hall–Kier alpha value is -1.42. The van der Waals surface area contributed by atoms with E-state index in [4.69, 9.17) is 0 Å². The van der Waals surface area contributed by atoms with Crippen LogP contribution in [0.4, 0.5) is 0 Å². The van der Waals surface area contributed by atoms with Crippen molar-refractivity contribution in [1.29, 1.82) is 0 Å². The van der Waals surface area contributed by atoms with Crippen LogP contribution in [0.2, 0.25) is 0 Å². The quantitative estimate of drug-likeness (QED) is 0.860. The van der Waals surface area contributed by atoms with Gasteiger partial charge in [0.15, 0.2) is 0 Å². The molecule has 1 amide bonds. The van der Waals surface area contributed by atoms with Crippen LogP contribution in [0.25, 0.3) is 0 Å². The molecule has 3 aliphatic rings. The first-order chi connectivity index (χ1) is 10.7. The summed E-state index contributed by atoms with van der Waals surface area (Å²) in [4.78, 5) is 21.5. The lowest BCUT2D eigenvalue weighted by molar-refractivity contribution is 0.0527. The molecule has 1 atom stereocenters. The number of rotatable bonds is 3. The molecule has 0 radical (unpaired) electrons. The van der Waals surface area contributed by atoms with Crippen LogP contribution < -0.4 is 0 Å². The van der Waals surface area contributed by atoms with Crippen LogP contribution >= 0.6 is 0 Å². The Kier molecular flexibility index (Phi) is 3.65. The van der Waals surface area contributed by atoms with Gasteiger partial charge in [-0.3, -0.25) is 9.78 Å². The summed E-state index contributed by atoms with van der Waals surface area (Å²) < 4.78 is 0. The third-order valence-corrected chi connectivity index (χ3v) is 5.59. The first-order valence-corrected chi connectivity index (χ1v) is 8.66. The highest BCUT2D eigenvalue weighted by Gasteiger charge is 2.43. The topological polar surface area (TPSA) is 36.4 Å². The minimum absolute atomic E-state index is 0.160. The Labute approximate surface area is 132 Å². The summed E-state index contributed by atoms with van der Waals surface area (Å²) in [5.41, 5.74) is 1.08. The Morgan fingerprint density at radius 3 is 2.95 bits per heavy atom. The van der Waals surface area contributed by atoms with Gasteiger partial charge in [0.1, 0.15) is 0 Å². The second kappa shape index (κ2) is 5.65. The molecule has 1 saturated carbocycles. The van der Waals surface area contributed by atoms with Crippen molar-refractivity contribution >= 4 is 5.91 Å². The molecule has 0 N–H and O–H groups in total. The SMILES string of the molecule is O=C(c1cccnc1)N1CCC[C@@]2(CCN(CC3CC3)C2)C1. The van der Waals surface area contributed by atoms with Gasteiger partial charge in [0.25, 0.3) is 5.91 Å². The van der Waals surface area contributed by atoms with Gasteiger partial charge in [-0.1, -0.05) is 0 Å². The van der Waals surface area contributed by atoms with Crippen LogP contribution in [0.5, 0.6) is 0 Å². The van der Waals surface area contributed by atoms with Gasteiger partial charge in [0.05, 0.1) is 5.56 Å². The summed E-state index contributed by atoms with van der Waals surface area (Å²) in [5.74, 6) is 1.12. The second-order valence-electron chi connectivity index (χ2n) is 7.50. The molecule has 3 fully saturated rings. The van der Waals surface area contributed by atoms with E-state index >= 15 is 0 Å². The minimum atomic E-state index is 0.160. The van der Waals surface area contributed by atoms with Crippen LogP contribution in [0.1, 0.15) is 42.5 Å². The maximum absolute atomic E-state index is 12.7. The van der Waals surface area contributed by atoms with Crippen LogP contribution in [-0.2, 0) is 0 Å². The average Bonchev–Trinajstić information content (AvgIpc) is 3.29. The molecule has 22 heavy (non-hydrogen) atoms. The van der Waals surface area contributed by atoms with E-state index < -0.39 is 0 Å². The summed E-state index contributed by atoms with van der Waals surface area (Å²) in [6, 6.07) is 3.73. The highest BCUT2D eigenvalue weighted by Crippen LogP contribution is 2.41. The van der Waals surface area contributed by atoms with Crippen molar-refractivity contribution in [3.05, 3.63) is 30.1 Å². The first kappa shape index (κ1) is 14.2. The number of aromatic nitrogens is 1. The fourth-order valence-corrected chi connectivity index (χ4v) is 4.24. The number of carbonyl (C=O) groups excluding carboxylic acids is 1. The lowest BCUT2D eigenvalue weighted by atomic mass is 9.79. The summed E-state index contributed by atoms with van der Waals surface area (Å²) >= 11 is 0. The Morgan fingerprint density at radius 1 is 1.27 bits per heavy atom. The number of carbonyl (C=O) groups is 1. The molecule has 1 spiro atoms. The molecule has 1 aromatic heterocycles. The molecule has 0 unspecified atom stereocenters. The number of amides is 1. The standard InChI is InChI=1S/C18H25N3O/c22-17(16-3-1-8-19-11-16)21-9-2-6-18(14-21)7-10-20(13-18)12-15-4-5-15/h1,3,8,11,15H,2,4-7,9-10,12-14H2/t18-/m0/s1. The van der Waals surface area contributed by atoms with Gasteiger partial charge in [-0.15, -0.1) is 0 Å². The third kappa shape index (κ3) is 2.89. The number of piperidine rings is 1. The van der Waals surface area contributed by atoms with Gasteiger partial charge in [-0.05, 0) is 56.7 Å². The van der Waals surface area contributed by atoms with Crippen LogP contribution in [0.15, 0.2) is 24.5 Å². The van der Waals surface area contributed by atoms with Gasteiger partial charge in [0, 0.05) is 44.0 Å². The number of hydrogen-bond donors (Lipinski definition) is 0. The lowest BCUT2D eigenvalue weighted by Crippen LogP contribution is -2.47. The van der Waals surface area contributed by atoms with E-state index in [2.05, 4.69) is 14.8 Å². The van der Waals surface area contributed by atoms with E-state index in [9.17, 15) is 4.79 Å². The van der Waals surface area contributed by atoms with E-state index in [1.807, 2.05) is 12.1 Å². The van der Waals surface area contributed by atoms with E-state index in [-0.39, 0.29) is 5.91 Å². The number of pyridine rings is 1. The molecular weight excluding hydrogens is 274 g/mol. The zero-order valence-corrected chi connectivity index (χ0v) is 13.2. The first-order valence-electron chi connectivity index (χ1n) is 8.66. The van der Waals surface area contributed by atoms with E-state index in [1.54, 1.807) is 12.4 Å². The van der Waals surface area contributed by atoms with E-state index in [0.29, 0.717) is 5.41 Å². The van der Waals surface area contributed by atoms with Gasteiger partial charge < -0.3 is 9.80 Å². The monoisotopic (exact) mass is 299 g/mol. The van der Waals surface area contributed by atoms with Gasteiger partial charge in [-0.25, -0.2) is 0 Å². The zero-order chi connectivity index (χ0) is 15.0. The summed E-state index contributed by atoms with van der Waals surface area (Å²) in [7, 11) is 0. The maximum Gasteiger partial charge on any atom is 0.255 e. The van der Waals surface area contributed by atoms with Crippen LogP contribution in [0.3, 0.4) is 0 Å². The normalized spacial score (nSPS) is 29.2. The molecule has 1 aliphatic carbocycles. The van der Waals surface area contributed by atoms with Crippen LogP contribution in [-0.4, -0.2) is 53.4 Å². The van der Waals surface area contributed by atoms with E-state index in [0.717, 1.165) is 31.0 Å². The highest BCUT2D eigenvalue weighted by molar-refractivity contribution is 5.94. The molecule has 2 saturated heterocycles. The van der Waals surface area contributed by atoms with Gasteiger partial charge in [0.2, 0.25) is 0 Å². The smallest absolute Gasteiger partial charge is 0.255 e. The van der Waals surface area contributed by atoms with Crippen molar-refractivity contribution in [2.45, 2.75) is 32.1 Å². The van der Waals surface area contributed by atoms with Crippen molar-refractivity contribution < 1.29 is 4.79 Å². The Balaban J connectivity index is 1.42. The van der Waals surface area contributed by atoms with Crippen LogP contribution in [0, 0.1) is 11.3 Å². The van der Waals surface area contributed by atoms with Crippen molar-refractivity contribution in [2.24, 2.45) is 11.3 Å². The van der Waals surface area contributed by atoms with Crippen molar-refractivity contribution in [2.75, 3.05) is 32.7 Å². The summed E-state index contributed by atoms with van der Waals surface area (Å²) in [6.45, 7) is 5.55. The van der Waals surface area contributed by atoms with E-state index in [1.165, 1.54) is 45.3 Å². The Morgan fingerprint density at radius 2 is 2.18 bits per heavy atom. The minimum Gasteiger partial charge on any atom is -0.338 e. The molecule has 4 heteroatoms. The van der Waals surface area contributed by atoms with Crippen molar-refractivity contribution in [1.82, 2.24) is 14.8 Å². The predicted molar refractivity (Wildman–Crippen MR) is 85.6 cm³/mol. The fraction of sp³-hybridized carbons (Fsp3) is 0.667. The molecule has 118 valence electrons. The van der Waals surface area contributed by atoms with Gasteiger partial charge >= 0.3 is 0 Å². The molecule has 2 aliphatic heterocycles. The predicted octanol–water partition coefficient (Wildman–Crippen LogP) is 2.42. The third-order valence-electron chi connectivity index (χ3n) is 5.59. The molecule has 3 heterocycles. The molecule has 4 rings (SSSR count). The zero-order valence-electron chi connectivity index (χ0n) is 13.2. The molecule has 0 aromatic carbocycles. The maximum atomic E-state index is 12.7. The largest absolute Gasteiger partial charge is 0.338 e. The number of likely N-dealkylation sites (tertiary alicyclic amines) is 2. The number of hydrogen-bond acceptors (Lipinski definition) is 3. The summed E-state index contributed by atoms with van der Waals surface area (Å²) in [6.07, 6.45) is 9.95. The fourth-order valence-electron chi connectivity index (χ4n) is 4.24. The molecule has 1 aromatic rings. The lowest BCUT2D eigenvalue weighted by Gasteiger charge is -2.40. The number of nitrogens with zero attached hydrogens (tertiary/aromatic N) is 3. The average molecular weight is 299 g/mol. The van der Waals surface area contributed by atoms with Crippen molar-refractivity contribution in [3.63, 3.8) is 0 Å². The van der Waals surface area contributed by atoms with Gasteiger partial charge in [-0.2, -0.15) is 0 Å². The molecular formula is C18H25N3O. The molecule has 4 nitrogen and oxygen atoms in total. The van der Waals surface area contributed by atoms with Crippen molar-refractivity contribution in [3.8, 4) is 0 Å². The Bertz CT molecular complexity index is 543. The second-order valence-corrected chi connectivity index (χ2v) is 7.50.